The summed E-state index contributed by atoms with van der Waals surface area (Å²) in [6.07, 6.45) is 1.77. The maximum atomic E-state index is 10.3. The third kappa shape index (κ3) is 1.40. The summed E-state index contributed by atoms with van der Waals surface area (Å²) in [6.45, 7) is 0. The maximum absolute atomic E-state index is 10.3. The van der Waals surface area contributed by atoms with Gasteiger partial charge in [0, 0.05) is 17.0 Å². The second kappa shape index (κ2) is 3.69. The molecular formula is C17H11NO. The summed E-state index contributed by atoms with van der Waals surface area (Å²) in [7, 11) is 0. The molecule has 0 aliphatic rings. The smallest absolute Gasteiger partial charge is 0.124 e. The van der Waals surface area contributed by atoms with Crippen molar-refractivity contribution in [1.82, 2.24) is 4.98 Å². The van der Waals surface area contributed by atoms with Crippen LogP contribution in [-0.4, -0.2) is 10.1 Å². The van der Waals surface area contributed by atoms with E-state index < -0.39 is 0 Å². The highest BCUT2D eigenvalue weighted by Gasteiger charge is 2.09. The van der Waals surface area contributed by atoms with Crippen LogP contribution in [0.15, 0.2) is 60.8 Å². The van der Waals surface area contributed by atoms with Crippen molar-refractivity contribution in [3.63, 3.8) is 0 Å². The number of aromatic nitrogens is 1. The van der Waals surface area contributed by atoms with Crippen molar-refractivity contribution in [2.24, 2.45) is 0 Å². The van der Waals surface area contributed by atoms with E-state index in [1.54, 1.807) is 6.20 Å². The summed E-state index contributed by atoms with van der Waals surface area (Å²) in [6, 6.07) is 17.9. The van der Waals surface area contributed by atoms with Crippen LogP contribution < -0.4 is 0 Å². The highest BCUT2D eigenvalue weighted by molar-refractivity contribution is 6.19. The first kappa shape index (κ1) is 10.3. The van der Waals surface area contributed by atoms with Crippen molar-refractivity contribution < 1.29 is 5.11 Å². The van der Waals surface area contributed by atoms with E-state index in [1.807, 2.05) is 48.5 Å². The number of phenolic OH excluding ortho intramolecular Hbond substituents is 1. The standard InChI is InChI=1S/C17H11NO/c19-16-10-11-4-1-2-5-12(11)13-7-8-15-14(17(13)16)6-3-9-18-15/h1-10,19H. The van der Waals surface area contributed by atoms with Crippen LogP contribution in [0, 0.1) is 0 Å². The molecule has 0 bridgehead atoms. The number of pyridine rings is 1. The predicted molar refractivity (Wildman–Crippen MR) is 78.4 cm³/mol. The minimum Gasteiger partial charge on any atom is -0.507 e. The highest BCUT2D eigenvalue weighted by Crippen LogP contribution is 2.36. The molecule has 0 radical (unpaired) electrons. The number of nitrogens with zero attached hydrogens (tertiary/aromatic N) is 1. The molecule has 0 saturated heterocycles. The van der Waals surface area contributed by atoms with Gasteiger partial charge in [0.15, 0.2) is 0 Å². The summed E-state index contributed by atoms with van der Waals surface area (Å²) in [5.41, 5.74) is 0.903. The molecule has 1 heterocycles. The number of aromatic hydroxyl groups is 1. The number of rotatable bonds is 0. The largest absolute Gasteiger partial charge is 0.507 e. The molecule has 3 aromatic carbocycles. The number of phenols is 1. The lowest BCUT2D eigenvalue weighted by atomic mass is 9.98. The second-order valence-electron chi connectivity index (χ2n) is 4.68. The summed E-state index contributed by atoms with van der Waals surface area (Å²) < 4.78 is 0. The van der Waals surface area contributed by atoms with Crippen molar-refractivity contribution in [3.05, 3.63) is 60.8 Å². The summed E-state index contributed by atoms with van der Waals surface area (Å²) in [5, 5.41) is 15.5. The van der Waals surface area contributed by atoms with Crippen LogP contribution in [0.4, 0.5) is 0 Å². The maximum Gasteiger partial charge on any atom is 0.124 e. The fraction of sp³-hybridized carbons (Fsp3) is 0. The summed E-state index contributed by atoms with van der Waals surface area (Å²) in [5.74, 6) is 0.312. The topological polar surface area (TPSA) is 33.1 Å². The van der Waals surface area contributed by atoms with Gasteiger partial charge in [-0.25, -0.2) is 0 Å². The fourth-order valence-corrected chi connectivity index (χ4v) is 2.74. The number of fused-ring (bicyclic) bond motifs is 5. The Morgan fingerprint density at radius 2 is 1.63 bits per heavy atom. The monoisotopic (exact) mass is 245 g/mol. The van der Waals surface area contributed by atoms with Crippen LogP contribution >= 0.6 is 0 Å². The second-order valence-corrected chi connectivity index (χ2v) is 4.68. The molecule has 0 atom stereocenters. The molecule has 4 aromatic rings. The Bertz CT molecular complexity index is 928. The van der Waals surface area contributed by atoms with Gasteiger partial charge in [0.25, 0.3) is 0 Å². The van der Waals surface area contributed by atoms with E-state index in [0.717, 1.165) is 32.4 Å². The minimum atomic E-state index is 0.312. The number of hydrogen-bond donors (Lipinski definition) is 1. The third-order valence-electron chi connectivity index (χ3n) is 3.58. The fourth-order valence-electron chi connectivity index (χ4n) is 2.74. The van der Waals surface area contributed by atoms with E-state index >= 15 is 0 Å². The van der Waals surface area contributed by atoms with Crippen molar-refractivity contribution in [1.29, 1.82) is 0 Å². The lowest BCUT2D eigenvalue weighted by Crippen LogP contribution is -1.83. The molecule has 2 nitrogen and oxygen atoms in total. The molecule has 4 rings (SSSR count). The molecule has 0 saturated carbocycles. The highest BCUT2D eigenvalue weighted by atomic mass is 16.3. The van der Waals surface area contributed by atoms with Gasteiger partial charge in [-0.2, -0.15) is 0 Å². The molecule has 0 unspecified atom stereocenters. The van der Waals surface area contributed by atoms with E-state index in [4.69, 9.17) is 0 Å². The molecule has 0 spiro atoms. The Labute approximate surface area is 109 Å². The molecule has 2 heteroatoms. The minimum absolute atomic E-state index is 0.312. The molecule has 19 heavy (non-hydrogen) atoms. The zero-order valence-corrected chi connectivity index (χ0v) is 10.2. The Hall–Kier alpha value is -2.61. The molecule has 1 N–H and O–H groups in total. The molecule has 0 fully saturated rings. The van der Waals surface area contributed by atoms with Crippen molar-refractivity contribution in [3.8, 4) is 5.75 Å². The lowest BCUT2D eigenvalue weighted by Gasteiger charge is -2.09. The van der Waals surface area contributed by atoms with Gasteiger partial charge in [-0.15, -0.1) is 0 Å². The van der Waals surface area contributed by atoms with Crippen LogP contribution in [-0.2, 0) is 0 Å². The van der Waals surface area contributed by atoms with Crippen molar-refractivity contribution >= 4 is 32.4 Å². The molecule has 0 amide bonds. The SMILES string of the molecule is Oc1cc2ccccc2c2ccc3ncccc3c12. The van der Waals surface area contributed by atoms with Crippen LogP contribution in [0.2, 0.25) is 0 Å². The Balaban J connectivity index is 2.35. The lowest BCUT2D eigenvalue weighted by molar-refractivity contribution is 0.483. The van der Waals surface area contributed by atoms with Gasteiger partial charge in [0.2, 0.25) is 0 Å². The van der Waals surface area contributed by atoms with E-state index in [1.165, 1.54) is 0 Å². The van der Waals surface area contributed by atoms with Crippen molar-refractivity contribution in [2.45, 2.75) is 0 Å². The molecule has 0 aliphatic carbocycles. The molecule has 0 aliphatic heterocycles. The molecule has 90 valence electrons. The Morgan fingerprint density at radius 3 is 2.58 bits per heavy atom. The average molecular weight is 245 g/mol. The molecule has 1 aromatic heterocycles. The van der Waals surface area contributed by atoms with Gasteiger partial charge >= 0.3 is 0 Å². The Morgan fingerprint density at radius 1 is 0.789 bits per heavy atom. The normalized spacial score (nSPS) is 11.4. The average Bonchev–Trinajstić information content (AvgIpc) is 2.46. The first-order chi connectivity index (χ1) is 9.34. The molecular weight excluding hydrogens is 234 g/mol. The van der Waals surface area contributed by atoms with Crippen LogP contribution in [0.1, 0.15) is 0 Å². The van der Waals surface area contributed by atoms with Gasteiger partial charge in [-0.05, 0) is 34.4 Å². The zero-order valence-electron chi connectivity index (χ0n) is 10.2. The van der Waals surface area contributed by atoms with E-state index in [-0.39, 0.29) is 0 Å². The van der Waals surface area contributed by atoms with Crippen molar-refractivity contribution in [2.75, 3.05) is 0 Å². The first-order valence-electron chi connectivity index (χ1n) is 6.23. The number of hydrogen-bond acceptors (Lipinski definition) is 2. The van der Waals surface area contributed by atoms with E-state index in [0.29, 0.717) is 5.75 Å². The van der Waals surface area contributed by atoms with Crippen LogP contribution in [0.25, 0.3) is 32.4 Å². The van der Waals surface area contributed by atoms with Crippen LogP contribution in [0.3, 0.4) is 0 Å². The van der Waals surface area contributed by atoms with Gasteiger partial charge < -0.3 is 5.11 Å². The summed E-state index contributed by atoms with van der Waals surface area (Å²) >= 11 is 0. The van der Waals surface area contributed by atoms with Crippen LogP contribution in [0.5, 0.6) is 5.75 Å². The first-order valence-corrected chi connectivity index (χ1v) is 6.23. The quantitative estimate of drug-likeness (QED) is 0.470. The predicted octanol–water partition coefficient (Wildman–Crippen LogP) is 4.25. The van der Waals surface area contributed by atoms with Gasteiger partial charge in [-0.1, -0.05) is 36.4 Å². The van der Waals surface area contributed by atoms with E-state index in [9.17, 15) is 5.11 Å². The van der Waals surface area contributed by atoms with E-state index in [2.05, 4.69) is 11.1 Å². The van der Waals surface area contributed by atoms with Gasteiger partial charge in [0.1, 0.15) is 5.75 Å². The Kier molecular flexibility index (Phi) is 2.00. The third-order valence-corrected chi connectivity index (χ3v) is 3.58. The zero-order chi connectivity index (χ0) is 12.8. The van der Waals surface area contributed by atoms with Gasteiger partial charge in [0.05, 0.1) is 5.52 Å². The summed E-state index contributed by atoms with van der Waals surface area (Å²) in [4.78, 5) is 4.34. The van der Waals surface area contributed by atoms with Gasteiger partial charge in [-0.3, -0.25) is 4.98 Å². The number of benzene rings is 3.